The van der Waals surface area contributed by atoms with E-state index < -0.39 is 24.0 Å². The number of carbonyl (C=O) groups is 3. The maximum Gasteiger partial charge on any atom is 0.408 e. The number of ether oxygens (including phenoxy) is 2. The van der Waals surface area contributed by atoms with E-state index >= 15 is 0 Å². The number of nitrogens with zero attached hydrogens (tertiary/aromatic N) is 1. The van der Waals surface area contributed by atoms with Crippen molar-refractivity contribution in [3.8, 4) is 0 Å². The normalized spacial score (nSPS) is 11.3. The standard InChI is InChI=1S/C30H29N3O6/c34-28(31-17-16-26-27(32-21-39-26)29(35)37-19-23-12-6-2-7-13-23)25(18-22-10-4-1-5-11-22)33-30(36)38-20-24-14-8-3-9-15-24/h1-15,21,25H,16-20H2,(H,31,34)(H,33,36)/t25-/m0/s1. The molecule has 0 bridgehead atoms. The lowest BCUT2D eigenvalue weighted by atomic mass is 10.1. The van der Waals surface area contributed by atoms with Crippen molar-refractivity contribution >= 4 is 18.0 Å². The Balaban J connectivity index is 1.31. The molecule has 0 saturated heterocycles. The van der Waals surface area contributed by atoms with Gasteiger partial charge in [0.2, 0.25) is 5.91 Å². The lowest BCUT2D eigenvalue weighted by molar-refractivity contribution is -0.123. The van der Waals surface area contributed by atoms with E-state index in [0.29, 0.717) is 5.76 Å². The van der Waals surface area contributed by atoms with Crippen molar-refractivity contribution in [3.63, 3.8) is 0 Å². The van der Waals surface area contributed by atoms with Crippen LogP contribution in [0, 0.1) is 0 Å². The molecule has 4 aromatic rings. The summed E-state index contributed by atoms with van der Waals surface area (Å²) in [4.78, 5) is 42.0. The molecule has 9 heteroatoms. The topological polar surface area (TPSA) is 120 Å². The molecular weight excluding hydrogens is 498 g/mol. The van der Waals surface area contributed by atoms with Crippen molar-refractivity contribution in [1.82, 2.24) is 15.6 Å². The number of oxazole rings is 1. The smallest absolute Gasteiger partial charge is 0.408 e. The maximum atomic E-state index is 13.0. The van der Waals surface area contributed by atoms with Crippen LogP contribution in [0.2, 0.25) is 0 Å². The Labute approximate surface area is 226 Å². The number of hydrogen-bond acceptors (Lipinski definition) is 7. The zero-order chi connectivity index (χ0) is 27.3. The van der Waals surface area contributed by atoms with E-state index in [1.807, 2.05) is 91.0 Å². The highest BCUT2D eigenvalue weighted by atomic mass is 16.5. The molecule has 0 aliphatic rings. The Kier molecular flexibility index (Phi) is 9.83. The van der Waals surface area contributed by atoms with Gasteiger partial charge in [-0.25, -0.2) is 14.6 Å². The lowest BCUT2D eigenvalue weighted by Gasteiger charge is -2.18. The van der Waals surface area contributed by atoms with Crippen molar-refractivity contribution in [2.75, 3.05) is 6.54 Å². The number of esters is 1. The summed E-state index contributed by atoms with van der Waals surface area (Å²) in [6, 6.07) is 27.0. The first-order valence-electron chi connectivity index (χ1n) is 12.5. The van der Waals surface area contributed by atoms with Crippen LogP contribution >= 0.6 is 0 Å². The Bertz CT molecular complexity index is 1340. The zero-order valence-electron chi connectivity index (χ0n) is 21.2. The first-order chi connectivity index (χ1) is 19.1. The molecule has 1 atom stereocenters. The Morgan fingerprint density at radius 2 is 1.33 bits per heavy atom. The van der Waals surface area contributed by atoms with Crippen molar-refractivity contribution in [3.05, 3.63) is 126 Å². The van der Waals surface area contributed by atoms with Gasteiger partial charge in [0.25, 0.3) is 0 Å². The van der Waals surface area contributed by atoms with Crippen LogP contribution in [-0.4, -0.2) is 35.5 Å². The summed E-state index contributed by atoms with van der Waals surface area (Å²) in [5.41, 5.74) is 2.62. The van der Waals surface area contributed by atoms with E-state index in [0.717, 1.165) is 16.7 Å². The van der Waals surface area contributed by atoms with E-state index in [4.69, 9.17) is 13.9 Å². The third-order valence-electron chi connectivity index (χ3n) is 5.80. The molecule has 39 heavy (non-hydrogen) atoms. The lowest BCUT2D eigenvalue weighted by Crippen LogP contribution is -2.48. The van der Waals surface area contributed by atoms with E-state index in [2.05, 4.69) is 15.6 Å². The van der Waals surface area contributed by atoms with Crippen LogP contribution in [0.1, 0.15) is 32.9 Å². The van der Waals surface area contributed by atoms with Crippen molar-refractivity contribution < 1.29 is 28.3 Å². The van der Waals surface area contributed by atoms with Crippen molar-refractivity contribution in [2.45, 2.75) is 32.1 Å². The summed E-state index contributed by atoms with van der Waals surface area (Å²) in [5, 5.41) is 5.45. The largest absolute Gasteiger partial charge is 0.456 e. The molecule has 0 aliphatic heterocycles. The Morgan fingerprint density at radius 1 is 0.769 bits per heavy atom. The van der Waals surface area contributed by atoms with Gasteiger partial charge in [0.05, 0.1) is 0 Å². The minimum Gasteiger partial charge on any atom is -0.456 e. The molecule has 2 amide bonds. The summed E-state index contributed by atoms with van der Waals surface area (Å²) in [6.07, 6.45) is 0.942. The molecule has 4 rings (SSSR count). The summed E-state index contributed by atoms with van der Waals surface area (Å²) in [5.74, 6) is -0.717. The number of hydrogen-bond donors (Lipinski definition) is 2. The maximum absolute atomic E-state index is 13.0. The highest BCUT2D eigenvalue weighted by Crippen LogP contribution is 2.11. The number of nitrogens with one attached hydrogen (secondary N) is 2. The summed E-state index contributed by atoms with van der Waals surface area (Å²) in [7, 11) is 0. The average molecular weight is 528 g/mol. The molecule has 200 valence electrons. The van der Waals surface area contributed by atoms with E-state index in [1.54, 1.807) is 0 Å². The fourth-order valence-electron chi connectivity index (χ4n) is 3.79. The summed E-state index contributed by atoms with van der Waals surface area (Å²) >= 11 is 0. The summed E-state index contributed by atoms with van der Waals surface area (Å²) in [6.45, 7) is 0.343. The van der Waals surface area contributed by atoms with Crippen molar-refractivity contribution in [1.29, 1.82) is 0 Å². The number of rotatable bonds is 12. The van der Waals surface area contributed by atoms with Gasteiger partial charge in [0, 0.05) is 19.4 Å². The molecule has 0 saturated carbocycles. The predicted octanol–water partition coefficient (Wildman–Crippen LogP) is 4.23. The van der Waals surface area contributed by atoms with Gasteiger partial charge in [-0.05, 0) is 16.7 Å². The second-order valence-corrected chi connectivity index (χ2v) is 8.68. The SMILES string of the molecule is O=C(N[C@@H](Cc1ccccc1)C(=O)NCCc1ocnc1C(=O)OCc1ccccc1)OCc1ccccc1. The molecule has 0 radical (unpaired) electrons. The molecule has 0 spiro atoms. The fraction of sp³-hybridized carbons (Fsp3) is 0.200. The summed E-state index contributed by atoms with van der Waals surface area (Å²) < 4.78 is 16.0. The van der Waals surface area contributed by atoms with Gasteiger partial charge in [-0.3, -0.25) is 4.79 Å². The molecule has 2 N–H and O–H groups in total. The number of benzene rings is 3. The molecule has 1 heterocycles. The number of amides is 2. The average Bonchev–Trinajstić information content (AvgIpc) is 3.45. The van der Waals surface area contributed by atoms with Crippen LogP contribution in [0.15, 0.2) is 102 Å². The number of carbonyl (C=O) groups excluding carboxylic acids is 3. The van der Waals surface area contributed by atoms with Crippen LogP contribution in [0.3, 0.4) is 0 Å². The van der Waals surface area contributed by atoms with Gasteiger partial charge in [-0.1, -0.05) is 91.0 Å². The van der Waals surface area contributed by atoms with Gasteiger partial charge in [0.15, 0.2) is 12.1 Å². The van der Waals surface area contributed by atoms with E-state index in [1.165, 1.54) is 6.39 Å². The van der Waals surface area contributed by atoms with Crippen LogP contribution < -0.4 is 10.6 Å². The highest BCUT2D eigenvalue weighted by Gasteiger charge is 2.23. The van der Waals surface area contributed by atoms with Crippen LogP contribution in [0.4, 0.5) is 4.79 Å². The third-order valence-corrected chi connectivity index (χ3v) is 5.80. The van der Waals surface area contributed by atoms with Gasteiger partial charge >= 0.3 is 12.1 Å². The van der Waals surface area contributed by atoms with E-state index in [9.17, 15) is 14.4 Å². The number of alkyl carbamates (subject to hydrolysis) is 1. The zero-order valence-corrected chi connectivity index (χ0v) is 21.2. The first-order valence-corrected chi connectivity index (χ1v) is 12.5. The quantitative estimate of drug-likeness (QED) is 0.265. The van der Waals surface area contributed by atoms with Crippen LogP contribution in [0.25, 0.3) is 0 Å². The Hall–Kier alpha value is -4.92. The molecule has 0 aliphatic carbocycles. The first kappa shape index (κ1) is 27.1. The predicted molar refractivity (Wildman–Crippen MR) is 142 cm³/mol. The third kappa shape index (κ3) is 8.57. The molecule has 3 aromatic carbocycles. The van der Waals surface area contributed by atoms with Gasteiger partial charge < -0.3 is 24.5 Å². The van der Waals surface area contributed by atoms with Gasteiger partial charge in [-0.2, -0.15) is 0 Å². The van der Waals surface area contributed by atoms with Gasteiger partial charge in [0.1, 0.15) is 25.0 Å². The second kappa shape index (κ2) is 14.1. The van der Waals surface area contributed by atoms with Crippen LogP contribution in [-0.2, 0) is 40.3 Å². The minimum absolute atomic E-state index is 0.0589. The molecular formula is C30H29N3O6. The fourth-order valence-corrected chi connectivity index (χ4v) is 3.79. The molecule has 0 fully saturated rings. The molecule has 9 nitrogen and oxygen atoms in total. The molecule has 0 unspecified atom stereocenters. The highest BCUT2D eigenvalue weighted by molar-refractivity contribution is 5.88. The monoisotopic (exact) mass is 527 g/mol. The van der Waals surface area contributed by atoms with Crippen molar-refractivity contribution in [2.24, 2.45) is 0 Å². The second-order valence-electron chi connectivity index (χ2n) is 8.68. The minimum atomic E-state index is -0.874. The molecule has 1 aromatic heterocycles. The number of aromatic nitrogens is 1. The Morgan fingerprint density at radius 3 is 1.95 bits per heavy atom. The van der Waals surface area contributed by atoms with Crippen LogP contribution in [0.5, 0.6) is 0 Å². The van der Waals surface area contributed by atoms with E-state index in [-0.39, 0.29) is 38.3 Å². The van der Waals surface area contributed by atoms with Gasteiger partial charge in [-0.15, -0.1) is 0 Å².